The molecule has 6 unspecified atom stereocenters. The minimum absolute atomic E-state index is 0.0450. The monoisotopic (exact) mass is 746 g/mol. The molecule has 2 aromatic rings. The average Bonchev–Trinajstić information content (AvgIpc) is 3.18. The van der Waals surface area contributed by atoms with Crippen LogP contribution in [0.1, 0.15) is 73.2 Å². The van der Waals surface area contributed by atoms with Crippen LogP contribution in [-0.4, -0.2) is 92.7 Å². The summed E-state index contributed by atoms with van der Waals surface area (Å²) in [6, 6.07) is 10.0. The fraction of sp³-hybridized carbons (Fsp3) is 0.500. The van der Waals surface area contributed by atoms with E-state index in [9.17, 15) is 19.8 Å². The number of fused-ring (bicyclic) bond motifs is 2. The third-order valence-electron chi connectivity index (χ3n) is 10.7. The SMILES string of the molecule is C=CCCOC(=O)N(C)C1CC(=NOC)C2=CC(CCCCO)C(CCCCO)C3c4cc(Oc5ccc(OC)c(C=O)c5)ccc4OC1(OCC=C)C23. The van der Waals surface area contributed by atoms with Gasteiger partial charge in [-0.1, -0.05) is 36.2 Å². The maximum absolute atomic E-state index is 13.7. The van der Waals surface area contributed by atoms with Gasteiger partial charge in [0.25, 0.3) is 0 Å². The van der Waals surface area contributed by atoms with Gasteiger partial charge in [0.1, 0.15) is 36.1 Å². The Labute approximate surface area is 318 Å². The largest absolute Gasteiger partial charge is 0.496 e. The van der Waals surface area contributed by atoms with E-state index >= 15 is 0 Å². The molecule has 0 spiro atoms. The van der Waals surface area contributed by atoms with E-state index in [0.717, 1.165) is 43.1 Å². The van der Waals surface area contributed by atoms with Gasteiger partial charge in [-0.15, -0.1) is 13.2 Å². The zero-order valence-corrected chi connectivity index (χ0v) is 31.6. The van der Waals surface area contributed by atoms with E-state index in [2.05, 4.69) is 24.4 Å². The highest BCUT2D eigenvalue weighted by molar-refractivity contribution is 6.02. The number of nitrogens with zero attached hydrogens (tertiary/aromatic N) is 2. The second kappa shape index (κ2) is 19.1. The average molecular weight is 747 g/mol. The molecule has 292 valence electrons. The number of hydrogen-bond acceptors (Lipinski definition) is 11. The second-order valence-corrected chi connectivity index (χ2v) is 13.9. The van der Waals surface area contributed by atoms with E-state index in [1.54, 1.807) is 37.4 Å². The number of aliphatic hydroxyl groups is 2. The maximum atomic E-state index is 13.7. The van der Waals surface area contributed by atoms with Crippen molar-refractivity contribution in [3.05, 3.63) is 84.5 Å². The summed E-state index contributed by atoms with van der Waals surface area (Å²) in [6.45, 7) is 8.18. The number of oxime groups is 1. The summed E-state index contributed by atoms with van der Waals surface area (Å²) in [5.41, 5.74) is 2.87. The van der Waals surface area contributed by atoms with Crippen LogP contribution in [0, 0.1) is 17.8 Å². The van der Waals surface area contributed by atoms with E-state index in [4.69, 9.17) is 28.5 Å². The van der Waals surface area contributed by atoms with Crippen LogP contribution in [0.4, 0.5) is 4.79 Å². The molecule has 0 aromatic heterocycles. The third kappa shape index (κ3) is 8.51. The van der Waals surface area contributed by atoms with Crippen LogP contribution in [0.25, 0.3) is 0 Å². The number of ether oxygens (including phenoxy) is 5. The molecule has 54 heavy (non-hydrogen) atoms. The quantitative estimate of drug-likeness (QED) is 0.0617. The summed E-state index contributed by atoms with van der Waals surface area (Å²) in [7, 11) is 4.70. The van der Waals surface area contributed by atoms with E-state index in [-0.39, 0.29) is 50.6 Å². The summed E-state index contributed by atoms with van der Waals surface area (Å²) in [4.78, 5) is 32.5. The number of methoxy groups -OCH3 is 1. The molecule has 1 heterocycles. The highest BCUT2D eigenvalue weighted by atomic mass is 16.7. The van der Waals surface area contributed by atoms with Crippen LogP contribution in [0.15, 0.2) is 78.5 Å². The molecule has 1 aliphatic heterocycles. The normalized spacial score (nSPS) is 24.6. The first kappa shape index (κ1) is 40.5. The number of likely N-dealkylation sites (N-methyl/N-ethyl adjacent to an activating group) is 1. The van der Waals surface area contributed by atoms with Crippen LogP contribution >= 0.6 is 0 Å². The Morgan fingerprint density at radius 3 is 2.46 bits per heavy atom. The second-order valence-electron chi connectivity index (χ2n) is 13.9. The Kier molecular flexibility index (Phi) is 14.3. The Balaban J connectivity index is 1.72. The van der Waals surface area contributed by atoms with Crippen molar-refractivity contribution in [1.82, 2.24) is 4.90 Å². The highest BCUT2D eigenvalue weighted by Crippen LogP contribution is 2.62. The number of benzene rings is 2. The van der Waals surface area contributed by atoms with Gasteiger partial charge in [0.05, 0.1) is 37.5 Å². The zero-order chi connectivity index (χ0) is 38.7. The third-order valence-corrected chi connectivity index (χ3v) is 10.7. The number of aliphatic hydroxyl groups excluding tert-OH is 2. The summed E-state index contributed by atoms with van der Waals surface area (Å²) in [5.74, 6) is 0.0857. The molecule has 1 saturated carbocycles. The Bertz CT molecular complexity index is 1690. The standard InChI is InChI=1S/C42H54N2O10/c1-6-8-22-51-41(48)44(3)38-26-35(43-50-5)33-24-28(13-9-11-19-45)32(14-10-12-20-46)39-34-25-31(53-30-15-17-36(49-4)29(23-30)27-47)16-18-37(34)54-42(38,40(33)39)52-21-7-2/h6-7,15-18,23-25,27-28,32,38-40,45-46H,1-2,8-14,19-22,26H2,3-5H3. The number of carbonyl (C=O) groups is 2. The topological polar surface area (TPSA) is 146 Å². The minimum atomic E-state index is -1.39. The van der Waals surface area contributed by atoms with Gasteiger partial charge in [-0.3, -0.25) is 4.79 Å². The molecule has 1 fully saturated rings. The van der Waals surface area contributed by atoms with Gasteiger partial charge >= 0.3 is 6.09 Å². The summed E-state index contributed by atoms with van der Waals surface area (Å²) < 4.78 is 31.3. The lowest BCUT2D eigenvalue weighted by atomic mass is 9.55. The van der Waals surface area contributed by atoms with Gasteiger partial charge in [0, 0.05) is 38.2 Å². The van der Waals surface area contributed by atoms with Crippen molar-refractivity contribution in [2.24, 2.45) is 22.9 Å². The van der Waals surface area contributed by atoms with Gasteiger partial charge < -0.3 is 43.6 Å². The van der Waals surface area contributed by atoms with Crippen molar-refractivity contribution in [2.45, 2.75) is 69.1 Å². The molecule has 12 nitrogen and oxygen atoms in total. The van der Waals surface area contributed by atoms with Gasteiger partial charge in [0.2, 0.25) is 5.79 Å². The Hall–Kier alpha value is -4.65. The summed E-state index contributed by atoms with van der Waals surface area (Å²) >= 11 is 0. The van der Waals surface area contributed by atoms with Gasteiger partial charge in [-0.25, -0.2) is 4.79 Å². The lowest BCUT2D eigenvalue weighted by Gasteiger charge is -2.59. The van der Waals surface area contributed by atoms with E-state index < -0.39 is 23.8 Å². The lowest BCUT2D eigenvalue weighted by Crippen LogP contribution is -2.69. The predicted octanol–water partition coefficient (Wildman–Crippen LogP) is 7.21. The van der Waals surface area contributed by atoms with Crippen LogP contribution in [-0.2, 0) is 14.3 Å². The fourth-order valence-electron chi connectivity index (χ4n) is 8.36. The van der Waals surface area contributed by atoms with Crippen LogP contribution in [0.3, 0.4) is 0 Å². The number of unbranched alkanes of at least 4 members (excludes halogenated alkanes) is 2. The minimum Gasteiger partial charge on any atom is -0.496 e. The van der Waals surface area contributed by atoms with Gasteiger partial charge in [-0.05, 0) is 85.9 Å². The first-order valence-electron chi connectivity index (χ1n) is 18.7. The van der Waals surface area contributed by atoms with Crippen LogP contribution < -0.4 is 14.2 Å². The molecule has 0 bridgehead atoms. The molecular formula is C42H54N2O10. The van der Waals surface area contributed by atoms with Crippen molar-refractivity contribution in [2.75, 3.05) is 47.7 Å². The molecular weight excluding hydrogens is 692 g/mol. The summed E-state index contributed by atoms with van der Waals surface area (Å²) in [5, 5.41) is 24.1. The Morgan fingerprint density at radius 2 is 1.78 bits per heavy atom. The number of hydrogen-bond donors (Lipinski definition) is 2. The van der Waals surface area contributed by atoms with Crippen molar-refractivity contribution in [3.8, 4) is 23.0 Å². The van der Waals surface area contributed by atoms with Crippen LogP contribution in [0.2, 0.25) is 0 Å². The fourth-order valence-corrected chi connectivity index (χ4v) is 8.36. The highest BCUT2D eigenvalue weighted by Gasteiger charge is 2.65. The molecule has 3 aliphatic rings. The smallest absolute Gasteiger partial charge is 0.409 e. The Morgan fingerprint density at radius 1 is 1.04 bits per heavy atom. The van der Waals surface area contributed by atoms with E-state index in [0.29, 0.717) is 53.5 Å². The number of aldehydes is 1. The molecule has 5 rings (SSSR count). The number of amides is 1. The molecule has 2 aromatic carbocycles. The number of allylic oxidation sites excluding steroid dienone is 1. The number of carbonyl (C=O) groups excluding carboxylic acids is 2. The first-order valence-corrected chi connectivity index (χ1v) is 18.7. The predicted molar refractivity (Wildman–Crippen MR) is 204 cm³/mol. The first-order chi connectivity index (χ1) is 26.3. The zero-order valence-electron chi connectivity index (χ0n) is 31.6. The van der Waals surface area contributed by atoms with Crippen molar-refractivity contribution < 1.29 is 48.3 Å². The van der Waals surface area contributed by atoms with E-state index in [1.807, 2.05) is 18.2 Å². The maximum Gasteiger partial charge on any atom is 0.409 e. The molecule has 12 heteroatoms. The molecule has 0 saturated heterocycles. The van der Waals surface area contributed by atoms with Crippen molar-refractivity contribution in [3.63, 3.8) is 0 Å². The van der Waals surface area contributed by atoms with Crippen molar-refractivity contribution >= 4 is 18.1 Å². The molecule has 6 atom stereocenters. The van der Waals surface area contributed by atoms with E-state index in [1.165, 1.54) is 19.1 Å². The van der Waals surface area contributed by atoms with Gasteiger partial charge in [-0.2, -0.15) is 0 Å². The van der Waals surface area contributed by atoms with Crippen molar-refractivity contribution in [1.29, 1.82) is 0 Å². The number of rotatable bonds is 20. The molecule has 2 N–H and O–H groups in total. The molecule has 1 amide bonds. The lowest BCUT2D eigenvalue weighted by molar-refractivity contribution is -0.253. The summed E-state index contributed by atoms with van der Waals surface area (Å²) in [6.07, 6.45) is 11.1. The molecule has 2 aliphatic carbocycles. The van der Waals surface area contributed by atoms with Gasteiger partial charge in [0.15, 0.2) is 6.29 Å². The van der Waals surface area contributed by atoms with Crippen LogP contribution in [0.5, 0.6) is 23.0 Å². The molecule has 0 radical (unpaired) electrons.